The molecule has 2 aromatic heterocycles. The van der Waals surface area contributed by atoms with E-state index in [0.29, 0.717) is 6.04 Å². The Morgan fingerprint density at radius 2 is 2.11 bits per heavy atom. The molecule has 0 amide bonds. The minimum atomic E-state index is 0.133. The number of hydrogen-bond acceptors (Lipinski definition) is 5. The van der Waals surface area contributed by atoms with Crippen LogP contribution in [0.4, 0.5) is 0 Å². The number of likely N-dealkylation sites (N-methyl/N-ethyl adjacent to an activating group) is 1. The monoisotopic (exact) mass is 281 g/mol. The summed E-state index contributed by atoms with van der Waals surface area (Å²) in [5.74, 6) is 0. The number of thiazole rings is 2. The largest absolute Gasteiger partial charge is 0.312 e. The van der Waals surface area contributed by atoms with Gasteiger partial charge in [0.25, 0.3) is 0 Å². The van der Waals surface area contributed by atoms with Crippen molar-refractivity contribution in [1.29, 1.82) is 0 Å². The second-order valence-corrected chi connectivity index (χ2v) is 7.19. The number of hydrogen-bond donors (Lipinski definition) is 1. The second kappa shape index (κ2) is 5.47. The van der Waals surface area contributed by atoms with Crippen molar-refractivity contribution in [2.75, 3.05) is 7.05 Å². The maximum absolute atomic E-state index is 4.74. The van der Waals surface area contributed by atoms with Crippen molar-refractivity contribution in [1.82, 2.24) is 15.3 Å². The Balaban J connectivity index is 2.11. The van der Waals surface area contributed by atoms with Gasteiger partial charge in [-0.2, -0.15) is 0 Å². The normalized spacial score (nSPS) is 13.8. The Bertz CT molecular complexity index is 483. The maximum atomic E-state index is 4.74. The molecule has 18 heavy (non-hydrogen) atoms. The summed E-state index contributed by atoms with van der Waals surface area (Å²) in [5.41, 5.74) is 3.19. The number of rotatable bonds is 4. The number of aromatic nitrogens is 2. The van der Waals surface area contributed by atoms with Crippen LogP contribution in [0.1, 0.15) is 42.4 Å². The topological polar surface area (TPSA) is 37.8 Å². The summed E-state index contributed by atoms with van der Waals surface area (Å²) in [6, 6.07) is 0.316. The van der Waals surface area contributed by atoms with Crippen LogP contribution >= 0.6 is 22.7 Å². The molecule has 0 saturated carbocycles. The molecule has 98 valence electrons. The van der Waals surface area contributed by atoms with Crippen LogP contribution in [0.2, 0.25) is 0 Å². The Morgan fingerprint density at radius 3 is 2.61 bits per heavy atom. The van der Waals surface area contributed by atoms with Gasteiger partial charge in [0.05, 0.1) is 16.2 Å². The van der Waals surface area contributed by atoms with E-state index in [9.17, 15) is 0 Å². The second-order valence-electron chi connectivity index (χ2n) is 5.33. The van der Waals surface area contributed by atoms with E-state index < -0.39 is 0 Å². The van der Waals surface area contributed by atoms with Gasteiger partial charge in [-0.25, -0.2) is 4.98 Å². The zero-order valence-electron chi connectivity index (χ0n) is 11.2. The van der Waals surface area contributed by atoms with Crippen molar-refractivity contribution < 1.29 is 0 Å². The number of nitrogens with one attached hydrogen (secondary N) is 1. The van der Waals surface area contributed by atoms with Gasteiger partial charge in [-0.3, -0.25) is 4.98 Å². The van der Waals surface area contributed by atoms with E-state index in [1.165, 1.54) is 15.6 Å². The quantitative estimate of drug-likeness (QED) is 0.933. The zero-order valence-corrected chi connectivity index (χ0v) is 12.9. The average Bonchev–Trinajstić information content (AvgIpc) is 2.95. The molecular formula is C13H19N3S2. The van der Waals surface area contributed by atoms with E-state index in [1.807, 2.05) is 18.8 Å². The van der Waals surface area contributed by atoms with Crippen LogP contribution < -0.4 is 5.32 Å². The molecule has 0 aliphatic carbocycles. The lowest BCUT2D eigenvalue weighted by molar-refractivity contribution is 0.562. The molecule has 3 nitrogen and oxygen atoms in total. The van der Waals surface area contributed by atoms with Gasteiger partial charge in [0.1, 0.15) is 0 Å². The van der Waals surface area contributed by atoms with Crippen molar-refractivity contribution in [3.8, 4) is 0 Å². The van der Waals surface area contributed by atoms with Gasteiger partial charge in [0.15, 0.2) is 0 Å². The van der Waals surface area contributed by atoms with Gasteiger partial charge in [0.2, 0.25) is 0 Å². The molecule has 0 spiro atoms. The number of nitrogens with zero attached hydrogens (tertiary/aromatic N) is 2. The summed E-state index contributed by atoms with van der Waals surface area (Å²) in [6.45, 7) is 6.60. The third kappa shape index (κ3) is 3.16. The first-order valence-corrected chi connectivity index (χ1v) is 7.77. The van der Waals surface area contributed by atoms with E-state index in [2.05, 4.69) is 36.5 Å². The van der Waals surface area contributed by atoms with Crippen LogP contribution in [0.3, 0.4) is 0 Å². The fourth-order valence-electron chi connectivity index (χ4n) is 1.67. The minimum Gasteiger partial charge on any atom is -0.312 e. The van der Waals surface area contributed by atoms with E-state index in [1.54, 1.807) is 22.7 Å². The average molecular weight is 281 g/mol. The molecule has 2 aromatic rings. The first kappa shape index (κ1) is 13.6. The van der Waals surface area contributed by atoms with E-state index in [0.717, 1.165) is 6.42 Å². The fourth-order valence-corrected chi connectivity index (χ4v) is 3.46. The fraction of sp³-hybridized carbons (Fsp3) is 0.538. The molecule has 1 atom stereocenters. The summed E-state index contributed by atoms with van der Waals surface area (Å²) in [5, 5.41) is 6.70. The Labute approximate surface area is 116 Å². The van der Waals surface area contributed by atoms with E-state index in [-0.39, 0.29) is 5.41 Å². The van der Waals surface area contributed by atoms with Gasteiger partial charge in [0, 0.05) is 34.3 Å². The predicted molar refractivity (Wildman–Crippen MR) is 78.4 cm³/mol. The van der Waals surface area contributed by atoms with Crippen molar-refractivity contribution in [2.45, 2.75) is 38.6 Å². The molecule has 5 heteroatoms. The predicted octanol–water partition coefficient (Wildman–Crippen LogP) is 3.40. The van der Waals surface area contributed by atoms with Crippen LogP contribution in [0.5, 0.6) is 0 Å². The molecule has 0 aliphatic heterocycles. The molecule has 0 radical (unpaired) electrons. The van der Waals surface area contributed by atoms with Gasteiger partial charge in [-0.05, 0) is 7.05 Å². The van der Waals surface area contributed by atoms with E-state index >= 15 is 0 Å². The molecule has 1 N–H and O–H groups in total. The third-order valence-electron chi connectivity index (χ3n) is 2.84. The molecule has 0 aromatic carbocycles. The lowest BCUT2D eigenvalue weighted by Crippen LogP contribution is -2.18. The van der Waals surface area contributed by atoms with Gasteiger partial charge in [-0.15, -0.1) is 22.7 Å². The lowest BCUT2D eigenvalue weighted by Gasteiger charge is -2.15. The molecule has 2 rings (SSSR count). The highest BCUT2D eigenvalue weighted by Gasteiger charge is 2.19. The minimum absolute atomic E-state index is 0.133. The molecule has 0 saturated heterocycles. The van der Waals surface area contributed by atoms with Gasteiger partial charge < -0.3 is 5.32 Å². The third-order valence-corrected chi connectivity index (χ3v) is 4.60. The lowest BCUT2D eigenvalue weighted by atomic mass is 9.93. The Kier molecular flexibility index (Phi) is 4.14. The maximum Gasteiger partial charge on any atom is 0.0947 e. The standard InChI is InChI=1S/C13H19N3S2/c1-13(2,3)11-7-17-12(16-11)5-9(14-4)10-6-15-8-18-10/h6-9,14H,5H2,1-4H3. The summed E-state index contributed by atoms with van der Waals surface area (Å²) >= 11 is 3.44. The molecule has 0 fully saturated rings. The molecule has 2 heterocycles. The van der Waals surface area contributed by atoms with Gasteiger partial charge >= 0.3 is 0 Å². The Hall–Kier alpha value is -0.780. The van der Waals surface area contributed by atoms with Crippen molar-refractivity contribution in [3.05, 3.63) is 32.7 Å². The summed E-state index contributed by atoms with van der Waals surface area (Å²) < 4.78 is 0. The van der Waals surface area contributed by atoms with Gasteiger partial charge in [-0.1, -0.05) is 20.8 Å². The van der Waals surface area contributed by atoms with Crippen molar-refractivity contribution >= 4 is 22.7 Å². The highest BCUT2D eigenvalue weighted by atomic mass is 32.1. The first-order valence-electron chi connectivity index (χ1n) is 6.01. The van der Waals surface area contributed by atoms with Crippen LogP contribution in [-0.2, 0) is 11.8 Å². The molecular weight excluding hydrogens is 262 g/mol. The van der Waals surface area contributed by atoms with E-state index in [4.69, 9.17) is 4.98 Å². The highest BCUT2D eigenvalue weighted by Crippen LogP contribution is 2.27. The van der Waals surface area contributed by atoms with Crippen LogP contribution in [-0.4, -0.2) is 17.0 Å². The van der Waals surface area contributed by atoms with Crippen molar-refractivity contribution in [3.63, 3.8) is 0 Å². The zero-order chi connectivity index (χ0) is 13.2. The molecule has 0 aliphatic rings. The summed E-state index contributed by atoms with van der Waals surface area (Å²) in [7, 11) is 1.99. The Morgan fingerprint density at radius 1 is 1.33 bits per heavy atom. The van der Waals surface area contributed by atoms with Crippen molar-refractivity contribution in [2.24, 2.45) is 0 Å². The molecule has 0 bridgehead atoms. The highest BCUT2D eigenvalue weighted by molar-refractivity contribution is 7.10. The first-order chi connectivity index (χ1) is 8.50. The SMILES string of the molecule is CNC(Cc1nc(C(C)(C)C)cs1)c1cncs1. The van der Waals surface area contributed by atoms with Crippen LogP contribution in [0.25, 0.3) is 0 Å². The summed E-state index contributed by atoms with van der Waals surface area (Å²) in [4.78, 5) is 10.1. The molecule has 1 unspecified atom stereocenters. The smallest absolute Gasteiger partial charge is 0.0947 e. The summed E-state index contributed by atoms with van der Waals surface area (Å²) in [6.07, 6.45) is 2.86. The van der Waals surface area contributed by atoms with Crippen LogP contribution in [0, 0.1) is 0 Å². The van der Waals surface area contributed by atoms with Crippen LogP contribution in [0.15, 0.2) is 17.1 Å².